The molecule has 0 saturated heterocycles. The Morgan fingerprint density at radius 3 is 2.14 bits per heavy atom. The summed E-state index contributed by atoms with van der Waals surface area (Å²) in [5.74, 6) is 0.377. The molecule has 2 N–H and O–H groups in total. The molecule has 0 aliphatic carbocycles. The quantitative estimate of drug-likeness (QED) is 0.776. The molecule has 0 aliphatic heterocycles. The minimum absolute atomic E-state index is 0.0937. The molecule has 80 valence electrons. The highest BCUT2D eigenvalue weighted by molar-refractivity contribution is 5.10. The molecule has 0 spiro atoms. The monoisotopic (exact) mass is 197 g/mol. The second kappa shape index (κ2) is 3.22. The van der Waals surface area contributed by atoms with E-state index in [2.05, 4.69) is 50.1 Å². The van der Waals surface area contributed by atoms with Crippen LogP contribution in [0.15, 0.2) is 0 Å². The lowest BCUT2D eigenvalue weighted by Crippen LogP contribution is -2.34. The molecule has 5 heteroatoms. The summed E-state index contributed by atoms with van der Waals surface area (Å²) >= 11 is 0. The molecule has 0 radical (unpaired) electrons. The van der Waals surface area contributed by atoms with Gasteiger partial charge in [0.1, 0.15) is 0 Å². The fraction of sp³-hybridized carbons (Fsp3) is 0.889. The van der Waals surface area contributed by atoms with Crippen LogP contribution < -0.4 is 5.73 Å². The summed E-state index contributed by atoms with van der Waals surface area (Å²) in [5.41, 5.74) is 5.90. The van der Waals surface area contributed by atoms with Crippen molar-refractivity contribution in [2.24, 2.45) is 10.8 Å². The maximum absolute atomic E-state index is 5.62. The first kappa shape index (κ1) is 10.9. The van der Waals surface area contributed by atoms with Gasteiger partial charge in [-0.3, -0.25) is 0 Å². The zero-order valence-corrected chi connectivity index (χ0v) is 9.57. The van der Waals surface area contributed by atoms with E-state index in [1.807, 2.05) is 0 Å². The molecule has 0 saturated carbocycles. The normalized spacial score (nSPS) is 13.2. The number of nitrogen functional groups attached to an aromatic ring is 1. The van der Waals surface area contributed by atoms with Crippen LogP contribution in [-0.2, 0) is 6.54 Å². The minimum atomic E-state index is 0.0937. The largest absolute Gasteiger partial charge is 0.367 e. The smallest absolute Gasteiger partial charge is 0.240 e. The van der Waals surface area contributed by atoms with Crippen LogP contribution in [0.4, 0.5) is 5.95 Å². The Morgan fingerprint density at radius 2 is 1.79 bits per heavy atom. The van der Waals surface area contributed by atoms with Gasteiger partial charge in [-0.2, -0.15) is 0 Å². The van der Waals surface area contributed by atoms with E-state index in [0.29, 0.717) is 5.95 Å². The van der Waals surface area contributed by atoms with Gasteiger partial charge in [-0.15, -0.1) is 0 Å². The van der Waals surface area contributed by atoms with E-state index in [1.54, 1.807) is 4.68 Å². The van der Waals surface area contributed by atoms with Crippen molar-refractivity contribution >= 4 is 5.95 Å². The lowest BCUT2D eigenvalue weighted by atomic mass is 9.69. The number of rotatable bonds is 2. The van der Waals surface area contributed by atoms with Gasteiger partial charge in [0, 0.05) is 0 Å². The summed E-state index contributed by atoms with van der Waals surface area (Å²) in [6, 6.07) is 0. The van der Waals surface area contributed by atoms with E-state index >= 15 is 0 Å². The van der Waals surface area contributed by atoms with Gasteiger partial charge in [0.25, 0.3) is 0 Å². The Kier molecular flexibility index (Phi) is 2.52. The molecule has 0 fully saturated rings. The summed E-state index contributed by atoms with van der Waals surface area (Å²) in [4.78, 5) is 0. The van der Waals surface area contributed by atoms with Crippen molar-refractivity contribution < 1.29 is 0 Å². The van der Waals surface area contributed by atoms with E-state index in [4.69, 9.17) is 5.73 Å². The number of nitrogens with zero attached hydrogens (tertiary/aromatic N) is 4. The van der Waals surface area contributed by atoms with Crippen molar-refractivity contribution in [3.8, 4) is 0 Å². The second-order valence-corrected chi connectivity index (χ2v) is 5.33. The van der Waals surface area contributed by atoms with Crippen LogP contribution in [0.5, 0.6) is 0 Å². The molecular weight excluding hydrogens is 178 g/mol. The molecular formula is C9H19N5. The summed E-state index contributed by atoms with van der Waals surface area (Å²) in [7, 11) is 0. The molecule has 0 amide bonds. The van der Waals surface area contributed by atoms with Gasteiger partial charge in [-0.25, -0.2) is 4.68 Å². The van der Waals surface area contributed by atoms with E-state index in [9.17, 15) is 0 Å². The summed E-state index contributed by atoms with van der Waals surface area (Å²) in [6.45, 7) is 11.7. The van der Waals surface area contributed by atoms with Crippen molar-refractivity contribution in [2.75, 3.05) is 5.73 Å². The minimum Gasteiger partial charge on any atom is -0.367 e. The van der Waals surface area contributed by atoms with Crippen LogP contribution in [0.3, 0.4) is 0 Å². The Hall–Kier alpha value is -1.13. The summed E-state index contributed by atoms with van der Waals surface area (Å²) < 4.78 is 1.64. The lowest BCUT2D eigenvalue weighted by Gasteiger charge is -2.38. The van der Waals surface area contributed by atoms with Crippen molar-refractivity contribution in [1.29, 1.82) is 0 Å². The van der Waals surface area contributed by atoms with Gasteiger partial charge in [0.15, 0.2) is 0 Å². The summed E-state index contributed by atoms with van der Waals surface area (Å²) in [5, 5.41) is 11.0. The first-order valence-corrected chi connectivity index (χ1v) is 4.76. The molecule has 1 aromatic rings. The van der Waals surface area contributed by atoms with Crippen LogP contribution >= 0.6 is 0 Å². The Bertz CT molecular complexity index is 307. The molecule has 0 aliphatic rings. The van der Waals surface area contributed by atoms with Crippen LogP contribution in [0.25, 0.3) is 0 Å². The molecule has 0 unspecified atom stereocenters. The van der Waals surface area contributed by atoms with Crippen LogP contribution in [0.1, 0.15) is 34.6 Å². The average Bonchev–Trinajstić information content (AvgIpc) is 2.33. The Morgan fingerprint density at radius 1 is 1.21 bits per heavy atom. The molecule has 1 rings (SSSR count). The number of hydrogen-bond donors (Lipinski definition) is 1. The SMILES string of the molecule is CC(C)(C)C(C)(C)Cn1nnnc1N. The average molecular weight is 197 g/mol. The zero-order chi connectivity index (χ0) is 11.0. The molecule has 0 bridgehead atoms. The highest BCUT2D eigenvalue weighted by Crippen LogP contribution is 2.39. The molecule has 1 aromatic heterocycles. The molecule has 0 aromatic carbocycles. The fourth-order valence-electron chi connectivity index (χ4n) is 0.936. The fourth-order valence-corrected chi connectivity index (χ4v) is 0.936. The zero-order valence-electron chi connectivity index (χ0n) is 9.57. The number of tetrazole rings is 1. The van der Waals surface area contributed by atoms with E-state index in [1.165, 1.54) is 0 Å². The molecule has 0 atom stereocenters. The molecule has 1 heterocycles. The predicted octanol–water partition coefficient (Wildman–Crippen LogP) is 1.33. The topological polar surface area (TPSA) is 69.6 Å². The van der Waals surface area contributed by atoms with Crippen LogP contribution in [0.2, 0.25) is 0 Å². The second-order valence-electron chi connectivity index (χ2n) is 5.33. The van der Waals surface area contributed by atoms with Gasteiger partial charge in [0.2, 0.25) is 5.95 Å². The van der Waals surface area contributed by atoms with Crippen molar-refractivity contribution in [2.45, 2.75) is 41.2 Å². The van der Waals surface area contributed by atoms with Gasteiger partial charge in [0.05, 0.1) is 6.54 Å². The molecule has 14 heavy (non-hydrogen) atoms. The highest BCUT2D eigenvalue weighted by Gasteiger charge is 2.33. The standard InChI is InChI=1S/C9H19N5/c1-8(2,3)9(4,5)6-14-7(10)11-12-13-14/h6H2,1-5H3,(H2,10,11,13). The van der Waals surface area contributed by atoms with Crippen molar-refractivity contribution in [3.63, 3.8) is 0 Å². The van der Waals surface area contributed by atoms with E-state index in [0.717, 1.165) is 6.54 Å². The number of hydrogen-bond acceptors (Lipinski definition) is 4. The third kappa shape index (κ3) is 2.02. The predicted molar refractivity (Wildman–Crippen MR) is 55.5 cm³/mol. The molecule has 5 nitrogen and oxygen atoms in total. The number of aromatic nitrogens is 4. The van der Waals surface area contributed by atoms with Crippen LogP contribution in [-0.4, -0.2) is 20.2 Å². The first-order valence-electron chi connectivity index (χ1n) is 4.76. The third-order valence-electron chi connectivity index (χ3n) is 3.13. The van der Waals surface area contributed by atoms with Gasteiger partial charge in [-0.1, -0.05) is 39.7 Å². The number of anilines is 1. The highest BCUT2D eigenvalue weighted by atomic mass is 15.6. The Labute approximate surface area is 84.7 Å². The van der Waals surface area contributed by atoms with Gasteiger partial charge < -0.3 is 5.73 Å². The number of nitrogens with two attached hydrogens (primary N) is 1. The van der Waals surface area contributed by atoms with Gasteiger partial charge in [-0.05, 0) is 21.3 Å². The van der Waals surface area contributed by atoms with Gasteiger partial charge >= 0.3 is 0 Å². The first-order chi connectivity index (χ1) is 6.24. The van der Waals surface area contributed by atoms with E-state index in [-0.39, 0.29) is 10.8 Å². The van der Waals surface area contributed by atoms with E-state index < -0.39 is 0 Å². The maximum atomic E-state index is 5.62. The van der Waals surface area contributed by atoms with Crippen LogP contribution in [0, 0.1) is 10.8 Å². The lowest BCUT2D eigenvalue weighted by molar-refractivity contribution is 0.103. The van der Waals surface area contributed by atoms with Crippen molar-refractivity contribution in [3.05, 3.63) is 0 Å². The van der Waals surface area contributed by atoms with Crippen molar-refractivity contribution in [1.82, 2.24) is 20.2 Å². The maximum Gasteiger partial charge on any atom is 0.240 e. The Balaban J connectivity index is 2.84. The third-order valence-corrected chi connectivity index (χ3v) is 3.13. The summed E-state index contributed by atoms with van der Waals surface area (Å²) in [6.07, 6.45) is 0.